The maximum atomic E-state index is 12.4. The Labute approximate surface area is 138 Å². The average Bonchev–Trinajstić information content (AvgIpc) is 3.27. The number of nitrogens with zero attached hydrogens (tertiary/aromatic N) is 1. The molecule has 120 valence electrons. The van der Waals surface area contributed by atoms with Crippen LogP contribution in [0.2, 0.25) is 0 Å². The number of rotatable bonds is 4. The topological polar surface area (TPSA) is 58.6 Å². The normalized spacial score (nSPS) is 13.9. The Morgan fingerprint density at radius 1 is 1.22 bits per heavy atom. The summed E-state index contributed by atoms with van der Waals surface area (Å²) in [7, 11) is 1.35. The largest absolute Gasteiger partial charge is 0.465 e. The third-order valence-corrected chi connectivity index (χ3v) is 4.73. The van der Waals surface area contributed by atoms with Crippen LogP contribution in [0.1, 0.15) is 32.9 Å². The van der Waals surface area contributed by atoms with Crippen LogP contribution in [0.15, 0.2) is 35.7 Å². The maximum absolute atomic E-state index is 12.4. The molecule has 2 aromatic rings. The number of carbonyl (C=O) groups is 2. The lowest BCUT2D eigenvalue weighted by Crippen LogP contribution is -2.21. The molecular formula is C17H18N2O3S. The summed E-state index contributed by atoms with van der Waals surface area (Å²) in [5, 5.41) is 4.79. The molecule has 1 N–H and O–H groups in total. The molecule has 1 aliphatic heterocycles. The molecular weight excluding hydrogens is 312 g/mol. The first kappa shape index (κ1) is 15.6. The van der Waals surface area contributed by atoms with E-state index in [4.69, 9.17) is 4.74 Å². The number of hydrogen-bond donors (Lipinski definition) is 1. The first-order valence-electron chi connectivity index (χ1n) is 7.51. The number of anilines is 2. The van der Waals surface area contributed by atoms with Gasteiger partial charge < -0.3 is 15.0 Å². The van der Waals surface area contributed by atoms with E-state index in [1.165, 1.54) is 18.4 Å². The first-order chi connectivity index (χ1) is 11.2. The first-order valence-corrected chi connectivity index (χ1v) is 8.39. The lowest BCUT2D eigenvalue weighted by molar-refractivity contribution is 0.0600. The van der Waals surface area contributed by atoms with Gasteiger partial charge in [-0.2, -0.15) is 0 Å². The van der Waals surface area contributed by atoms with Crippen molar-refractivity contribution in [2.75, 3.05) is 30.4 Å². The monoisotopic (exact) mass is 330 g/mol. The number of thiophene rings is 1. The summed E-state index contributed by atoms with van der Waals surface area (Å²) in [6.45, 7) is 1.92. The zero-order valence-electron chi connectivity index (χ0n) is 12.9. The molecule has 0 saturated carbocycles. The summed E-state index contributed by atoms with van der Waals surface area (Å²) in [6, 6.07) is 8.92. The van der Waals surface area contributed by atoms with Crippen molar-refractivity contribution in [3.8, 4) is 0 Å². The van der Waals surface area contributed by atoms with E-state index >= 15 is 0 Å². The van der Waals surface area contributed by atoms with Crippen molar-refractivity contribution < 1.29 is 14.3 Å². The van der Waals surface area contributed by atoms with E-state index in [1.54, 1.807) is 18.2 Å². The van der Waals surface area contributed by atoms with Gasteiger partial charge in [0.05, 0.1) is 28.9 Å². The summed E-state index contributed by atoms with van der Waals surface area (Å²) >= 11 is 1.39. The fraction of sp³-hybridized carbons (Fsp3) is 0.294. The third kappa shape index (κ3) is 3.37. The molecule has 1 saturated heterocycles. The Kier molecular flexibility index (Phi) is 4.62. The van der Waals surface area contributed by atoms with Crippen molar-refractivity contribution in [2.24, 2.45) is 0 Å². The minimum Gasteiger partial charge on any atom is -0.465 e. The van der Waals surface area contributed by atoms with E-state index in [0.29, 0.717) is 16.1 Å². The molecule has 1 aliphatic rings. The van der Waals surface area contributed by atoms with E-state index in [9.17, 15) is 9.59 Å². The van der Waals surface area contributed by atoms with E-state index in [1.807, 2.05) is 17.5 Å². The van der Waals surface area contributed by atoms with E-state index < -0.39 is 5.97 Å². The predicted molar refractivity (Wildman–Crippen MR) is 91.5 cm³/mol. The minimum atomic E-state index is -0.412. The number of benzene rings is 1. The van der Waals surface area contributed by atoms with Crippen LogP contribution in [-0.4, -0.2) is 32.1 Å². The second-order valence-electron chi connectivity index (χ2n) is 5.35. The van der Waals surface area contributed by atoms with Crippen LogP contribution in [0.25, 0.3) is 0 Å². The van der Waals surface area contributed by atoms with Crippen LogP contribution in [-0.2, 0) is 4.74 Å². The molecule has 23 heavy (non-hydrogen) atoms. The van der Waals surface area contributed by atoms with Gasteiger partial charge >= 0.3 is 5.97 Å². The molecule has 1 aromatic heterocycles. The highest BCUT2D eigenvalue weighted by Crippen LogP contribution is 2.31. The molecule has 0 aliphatic carbocycles. The average molecular weight is 330 g/mol. The SMILES string of the molecule is COC(=O)c1ccc(N2CCCC2)c(NC(=O)c2cccs2)c1. The lowest BCUT2D eigenvalue weighted by Gasteiger charge is -2.22. The number of carbonyl (C=O) groups excluding carboxylic acids is 2. The molecule has 0 bridgehead atoms. The van der Waals surface area contributed by atoms with E-state index in [0.717, 1.165) is 31.6 Å². The number of amides is 1. The van der Waals surface area contributed by atoms with Gasteiger partial charge in [-0.15, -0.1) is 11.3 Å². The van der Waals surface area contributed by atoms with Gasteiger partial charge in [0, 0.05) is 13.1 Å². The van der Waals surface area contributed by atoms with Gasteiger partial charge in [0.1, 0.15) is 0 Å². The molecule has 6 heteroatoms. The third-order valence-electron chi connectivity index (χ3n) is 3.86. The minimum absolute atomic E-state index is 0.164. The summed E-state index contributed by atoms with van der Waals surface area (Å²) in [5.74, 6) is -0.577. The second kappa shape index (κ2) is 6.83. The summed E-state index contributed by atoms with van der Waals surface area (Å²) < 4.78 is 4.77. The number of hydrogen-bond acceptors (Lipinski definition) is 5. The van der Waals surface area contributed by atoms with Crippen molar-refractivity contribution in [3.05, 3.63) is 46.2 Å². The van der Waals surface area contributed by atoms with Crippen LogP contribution < -0.4 is 10.2 Å². The number of ether oxygens (including phenoxy) is 1. The standard InChI is InChI=1S/C17H18N2O3S/c1-22-17(21)12-6-7-14(19-8-2-3-9-19)13(11-12)18-16(20)15-5-4-10-23-15/h4-7,10-11H,2-3,8-9H2,1H3,(H,18,20). The van der Waals surface area contributed by atoms with Gasteiger partial charge in [-0.1, -0.05) is 6.07 Å². The zero-order valence-corrected chi connectivity index (χ0v) is 13.7. The van der Waals surface area contributed by atoms with Crippen molar-refractivity contribution in [1.82, 2.24) is 0 Å². The Balaban J connectivity index is 1.93. The number of methoxy groups -OCH3 is 1. The van der Waals surface area contributed by atoms with Crippen LogP contribution in [0, 0.1) is 0 Å². The molecule has 0 radical (unpaired) electrons. The summed E-state index contributed by atoms with van der Waals surface area (Å²) in [4.78, 5) is 27.0. The molecule has 2 heterocycles. The van der Waals surface area contributed by atoms with E-state index in [2.05, 4.69) is 10.2 Å². The molecule has 3 rings (SSSR count). The highest BCUT2D eigenvalue weighted by molar-refractivity contribution is 7.12. The van der Waals surface area contributed by atoms with Gasteiger partial charge in [0.15, 0.2) is 0 Å². The Morgan fingerprint density at radius 3 is 2.65 bits per heavy atom. The van der Waals surface area contributed by atoms with Gasteiger partial charge in [-0.05, 0) is 42.5 Å². The Bertz CT molecular complexity index is 707. The van der Waals surface area contributed by atoms with Crippen molar-refractivity contribution >= 4 is 34.6 Å². The fourth-order valence-electron chi connectivity index (χ4n) is 2.71. The number of nitrogens with one attached hydrogen (secondary N) is 1. The molecule has 1 amide bonds. The van der Waals surface area contributed by atoms with Crippen LogP contribution >= 0.6 is 11.3 Å². The summed E-state index contributed by atoms with van der Waals surface area (Å²) in [5.41, 5.74) is 2.02. The van der Waals surface area contributed by atoms with Crippen LogP contribution in [0.5, 0.6) is 0 Å². The highest BCUT2D eigenvalue weighted by Gasteiger charge is 2.19. The Morgan fingerprint density at radius 2 is 2.00 bits per heavy atom. The van der Waals surface area contributed by atoms with Crippen LogP contribution in [0.4, 0.5) is 11.4 Å². The lowest BCUT2D eigenvalue weighted by atomic mass is 10.1. The Hall–Kier alpha value is -2.34. The maximum Gasteiger partial charge on any atom is 0.337 e. The predicted octanol–water partition coefficient (Wildman–Crippen LogP) is 3.39. The second-order valence-corrected chi connectivity index (χ2v) is 6.30. The van der Waals surface area contributed by atoms with Crippen molar-refractivity contribution in [1.29, 1.82) is 0 Å². The molecule has 1 aromatic carbocycles. The molecule has 0 atom stereocenters. The molecule has 5 nitrogen and oxygen atoms in total. The smallest absolute Gasteiger partial charge is 0.337 e. The molecule has 1 fully saturated rings. The quantitative estimate of drug-likeness (QED) is 0.873. The van der Waals surface area contributed by atoms with Crippen molar-refractivity contribution in [2.45, 2.75) is 12.8 Å². The molecule has 0 unspecified atom stereocenters. The zero-order chi connectivity index (χ0) is 16.2. The summed E-state index contributed by atoms with van der Waals surface area (Å²) in [6.07, 6.45) is 2.27. The van der Waals surface area contributed by atoms with Crippen molar-refractivity contribution in [3.63, 3.8) is 0 Å². The highest BCUT2D eigenvalue weighted by atomic mass is 32.1. The molecule has 0 spiro atoms. The van der Waals surface area contributed by atoms with Gasteiger partial charge in [0.25, 0.3) is 5.91 Å². The van der Waals surface area contributed by atoms with Gasteiger partial charge in [0.2, 0.25) is 0 Å². The fourth-order valence-corrected chi connectivity index (χ4v) is 3.33. The van der Waals surface area contributed by atoms with Gasteiger partial charge in [-0.3, -0.25) is 4.79 Å². The van der Waals surface area contributed by atoms with E-state index in [-0.39, 0.29) is 5.91 Å². The van der Waals surface area contributed by atoms with Gasteiger partial charge in [-0.25, -0.2) is 4.79 Å². The van der Waals surface area contributed by atoms with Crippen LogP contribution in [0.3, 0.4) is 0 Å². The number of esters is 1.